The van der Waals surface area contributed by atoms with Crippen LogP contribution in [0.4, 0.5) is 27.7 Å². The lowest BCUT2D eigenvalue weighted by molar-refractivity contribution is 0.236. The third-order valence-electron chi connectivity index (χ3n) is 8.72. The maximum Gasteiger partial charge on any atom is 0.248 e. The highest BCUT2D eigenvalue weighted by Crippen LogP contribution is 2.32. The summed E-state index contributed by atoms with van der Waals surface area (Å²) in [6, 6.07) is 16.1. The smallest absolute Gasteiger partial charge is 0.248 e. The minimum atomic E-state index is -0.249. The van der Waals surface area contributed by atoms with Crippen LogP contribution in [-0.4, -0.2) is 62.1 Å². The first-order valence-electron chi connectivity index (χ1n) is 14.9. The predicted octanol–water partition coefficient (Wildman–Crippen LogP) is 5.13. The van der Waals surface area contributed by atoms with E-state index in [1.165, 1.54) is 42.0 Å². The maximum absolute atomic E-state index is 15.4. The SMILES string of the molecule is Nc1nc(Nc2ccc(N3CCCCC(N4CCCC4)C3)c(F)c2)nn1-c1cc2c(nn1)-c1ccccc1CCC2. The average molecular weight is 554 g/mol. The number of nitrogen functional groups attached to an aromatic ring is 1. The van der Waals surface area contributed by atoms with Crippen LogP contribution in [0.3, 0.4) is 0 Å². The van der Waals surface area contributed by atoms with Gasteiger partial charge in [0, 0.05) is 30.4 Å². The summed E-state index contributed by atoms with van der Waals surface area (Å²) in [4.78, 5) is 9.18. The van der Waals surface area contributed by atoms with Crippen LogP contribution >= 0.6 is 0 Å². The number of likely N-dealkylation sites (tertiary alicyclic amines) is 1. The standard InChI is InChI=1S/C31H36FN9/c32-26-19-23(13-14-27(26)40-17-4-3-11-24(20-40)39-15-5-6-16-39)34-31-35-30(33)41(38-31)28-18-22-10-7-9-21-8-1-2-12-25(21)29(22)37-36-28/h1-2,8,12-14,18-19,24H,3-7,9-11,15-17,20H2,(H3,33,34,35,38). The summed E-state index contributed by atoms with van der Waals surface area (Å²) in [5.41, 5.74) is 11.9. The van der Waals surface area contributed by atoms with Crippen molar-refractivity contribution in [1.29, 1.82) is 0 Å². The number of halogens is 1. The second-order valence-electron chi connectivity index (χ2n) is 11.4. The van der Waals surface area contributed by atoms with Crippen LogP contribution in [0.15, 0.2) is 48.5 Å². The first kappa shape index (κ1) is 25.9. The van der Waals surface area contributed by atoms with Crippen molar-refractivity contribution in [3.8, 4) is 17.1 Å². The summed E-state index contributed by atoms with van der Waals surface area (Å²) in [5.74, 6) is 0.726. The molecule has 2 aromatic heterocycles. The Morgan fingerprint density at radius 2 is 1.71 bits per heavy atom. The normalized spacial score (nSPS) is 19.3. The number of nitrogens with zero attached hydrogens (tertiary/aromatic N) is 7. The first-order chi connectivity index (χ1) is 20.1. The van der Waals surface area contributed by atoms with Gasteiger partial charge in [-0.1, -0.05) is 30.7 Å². The Balaban J connectivity index is 1.09. The van der Waals surface area contributed by atoms with Gasteiger partial charge in [-0.2, -0.15) is 9.67 Å². The van der Waals surface area contributed by atoms with E-state index in [1.807, 2.05) is 24.3 Å². The van der Waals surface area contributed by atoms with Crippen LogP contribution < -0.4 is 16.0 Å². The third kappa shape index (κ3) is 5.24. The van der Waals surface area contributed by atoms with Gasteiger partial charge >= 0.3 is 0 Å². The molecular formula is C31H36FN9. The van der Waals surface area contributed by atoms with E-state index in [1.54, 1.807) is 0 Å². The van der Waals surface area contributed by atoms with Gasteiger partial charge in [0.05, 0.1) is 11.4 Å². The Labute approximate surface area is 239 Å². The van der Waals surface area contributed by atoms with Crippen LogP contribution in [-0.2, 0) is 12.8 Å². The molecular weight excluding hydrogens is 517 g/mol. The highest BCUT2D eigenvalue weighted by Gasteiger charge is 2.27. The van der Waals surface area contributed by atoms with E-state index in [0.717, 1.165) is 68.7 Å². The third-order valence-corrected chi connectivity index (χ3v) is 8.72. The van der Waals surface area contributed by atoms with Gasteiger partial charge in [0.25, 0.3) is 0 Å². The number of rotatable bonds is 5. The number of fused-ring (bicyclic) bond motifs is 3. The Morgan fingerprint density at radius 3 is 2.59 bits per heavy atom. The average Bonchev–Trinajstić information content (AvgIpc) is 3.52. The molecule has 1 aliphatic carbocycles. The fourth-order valence-corrected chi connectivity index (χ4v) is 6.64. The molecule has 10 heteroatoms. The number of anilines is 4. The van der Waals surface area contributed by atoms with Crippen LogP contribution in [0.25, 0.3) is 17.1 Å². The summed E-state index contributed by atoms with van der Waals surface area (Å²) < 4.78 is 16.9. The molecule has 3 aliphatic rings. The Bertz CT molecular complexity index is 1540. The molecule has 0 spiro atoms. The van der Waals surface area contributed by atoms with Gasteiger partial charge in [-0.25, -0.2) is 4.39 Å². The van der Waals surface area contributed by atoms with E-state index < -0.39 is 0 Å². The monoisotopic (exact) mass is 553 g/mol. The number of nitrogens with one attached hydrogen (secondary N) is 1. The van der Waals surface area contributed by atoms with Crippen molar-refractivity contribution in [2.24, 2.45) is 0 Å². The summed E-state index contributed by atoms with van der Waals surface area (Å²) in [5, 5.41) is 16.6. The zero-order valence-corrected chi connectivity index (χ0v) is 23.3. The fraction of sp³-hybridized carbons (Fsp3) is 0.419. The van der Waals surface area contributed by atoms with E-state index in [-0.39, 0.29) is 17.7 Å². The van der Waals surface area contributed by atoms with Crippen LogP contribution in [0.2, 0.25) is 0 Å². The fourth-order valence-electron chi connectivity index (χ4n) is 6.64. The van der Waals surface area contributed by atoms with Crippen molar-refractivity contribution in [3.63, 3.8) is 0 Å². The molecule has 4 heterocycles. The molecule has 0 amide bonds. The van der Waals surface area contributed by atoms with Gasteiger partial charge in [-0.15, -0.1) is 15.3 Å². The number of aryl methyl sites for hydroxylation is 2. The van der Waals surface area contributed by atoms with Crippen LogP contribution in [0.5, 0.6) is 0 Å². The van der Waals surface area contributed by atoms with Gasteiger partial charge in [0.15, 0.2) is 5.82 Å². The minimum Gasteiger partial charge on any atom is -0.368 e. The van der Waals surface area contributed by atoms with Gasteiger partial charge in [-0.3, -0.25) is 4.90 Å². The number of aromatic nitrogens is 5. The molecule has 9 nitrogen and oxygen atoms in total. The molecule has 2 saturated heterocycles. The Morgan fingerprint density at radius 1 is 0.878 bits per heavy atom. The molecule has 2 fully saturated rings. The second kappa shape index (κ2) is 11.1. The lowest BCUT2D eigenvalue weighted by atomic mass is 10.0. The lowest BCUT2D eigenvalue weighted by Gasteiger charge is -2.32. The van der Waals surface area contributed by atoms with Crippen molar-refractivity contribution in [2.75, 3.05) is 42.1 Å². The highest BCUT2D eigenvalue weighted by molar-refractivity contribution is 5.68. The summed E-state index contributed by atoms with van der Waals surface area (Å²) >= 11 is 0. The molecule has 7 rings (SSSR count). The van der Waals surface area contributed by atoms with Gasteiger partial charge < -0.3 is 16.0 Å². The number of benzene rings is 2. The Kier molecular flexibility index (Phi) is 7.00. The quantitative estimate of drug-likeness (QED) is 0.351. The molecule has 0 saturated carbocycles. The molecule has 41 heavy (non-hydrogen) atoms. The summed E-state index contributed by atoms with van der Waals surface area (Å²) in [7, 11) is 0. The lowest BCUT2D eigenvalue weighted by Crippen LogP contribution is -2.41. The highest BCUT2D eigenvalue weighted by atomic mass is 19.1. The second-order valence-corrected chi connectivity index (χ2v) is 11.4. The van der Waals surface area contributed by atoms with E-state index in [2.05, 4.69) is 53.6 Å². The van der Waals surface area contributed by atoms with Crippen molar-refractivity contribution in [2.45, 2.75) is 57.4 Å². The first-order valence-corrected chi connectivity index (χ1v) is 14.9. The van der Waals surface area contributed by atoms with Gasteiger partial charge in [0.2, 0.25) is 11.9 Å². The van der Waals surface area contributed by atoms with Gasteiger partial charge in [-0.05, 0) is 93.4 Å². The zero-order valence-electron chi connectivity index (χ0n) is 23.3. The zero-order chi connectivity index (χ0) is 27.8. The van der Waals surface area contributed by atoms with E-state index >= 15 is 4.39 Å². The van der Waals surface area contributed by atoms with E-state index in [9.17, 15) is 0 Å². The molecule has 1 unspecified atom stereocenters. The summed E-state index contributed by atoms with van der Waals surface area (Å²) in [6.45, 7) is 4.08. The molecule has 212 valence electrons. The molecule has 2 aromatic carbocycles. The minimum absolute atomic E-state index is 0.186. The maximum atomic E-state index is 15.4. The van der Waals surface area contributed by atoms with Crippen molar-refractivity contribution in [1.82, 2.24) is 29.9 Å². The molecule has 0 bridgehead atoms. The van der Waals surface area contributed by atoms with E-state index in [0.29, 0.717) is 23.2 Å². The van der Waals surface area contributed by atoms with Crippen LogP contribution in [0.1, 0.15) is 49.7 Å². The van der Waals surface area contributed by atoms with Crippen LogP contribution in [0, 0.1) is 5.82 Å². The Hall–Kier alpha value is -4.05. The topological polar surface area (TPSA) is 101 Å². The van der Waals surface area contributed by atoms with Crippen molar-refractivity contribution >= 4 is 23.3 Å². The number of hydrogen-bond donors (Lipinski definition) is 2. The van der Waals surface area contributed by atoms with Crippen molar-refractivity contribution < 1.29 is 4.39 Å². The molecule has 0 radical (unpaired) electrons. The molecule has 3 N–H and O–H groups in total. The van der Waals surface area contributed by atoms with Gasteiger partial charge in [0.1, 0.15) is 5.82 Å². The van der Waals surface area contributed by atoms with Crippen molar-refractivity contribution in [3.05, 3.63) is 65.5 Å². The number of hydrogen-bond acceptors (Lipinski definition) is 8. The molecule has 4 aromatic rings. The van der Waals surface area contributed by atoms with E-state index in [4.69, 9.17) is 5.73 Å². The predicted molar refractivity (Wildman–Crippen MR) is 159 cm³/mol. The molecule has 1 atom stereocenters. The number of nitrogens with two attached hydrogens (primary N) is 1. The molecule has 2 aliphatic heterocycles. The summed E-state index contributed by atoms with van der Waals surface area (Å²) in [6.07, 6.45) is 8.95. The largest absolute Gasteiger partial charge is 0.368 e.